The van der Waals surface area contributed by atoms with Crippen molar-refractivity contribution in [2.24, 2.45) is 30.7 Å². The van der Waals surface area contributed by atoms with Crippen molar-refractivity contribution in [2.45, 2.75) is 19.6 Å². The molecule has 0 saturated heterocycles. The van der Waals surface area contributed by atoms with Crippen LogP contribution in [0.3, 0.4) is 0 Å². The molecule has 1 aromatic heterocycles. The number of nitrogens with zero attached hydrogens (tertiary/aromatic N) is 8. The number of carbonyl (C=O) groups is 2. The summed E-state index contributed by atoms with van der Waals surface area (Å²) in [6.07, 6.45) is 0. The van der Waals surface area contributed by atoms with Gasteiger partial charge in [-0.3, -0.25) is 33.7 Å². The van der Waals surface area contributed by atoms with E-state index in [1.165, 1.54) is 0 Å². The zero-order chi connectivity index (χ0) is 49.3. The minimum absolute atomic E-state index is 0.0995. The lowest BCUT2D eigenvalue weighted by Gasteiger charge is -2.13. The Bertz CT molecular complexity index is 3580. The first-order valence-corrected chi connectivity index (χ1v) is 22.1. The molecule has 34 heteroatoms. The quantitative estimate of drug-likeness (QED) is 0.0125. The molecule has 0 aliphatic carbocycles. The number of fused-ring (bicyclic) bond motifs is 1. The van der Waals surface area contributed by atoms with Gasteiger partial charge in [0.15, 0.2) is 22.9 Å². The van der Waals surface area contributed by atoms with Gasteiger partial charge in [0.1, 0.15) is 32.4 Å². The summed E-state index contributed by atoms with van der Waals surface area (Å²) in [6.45, 7) is 0. The first kappa shape index (κ1) is 48.5. The zero-order valence-corrected chi connectivity index (χ0v) is 35.3. The van der Waals surface area contributed by atoms with Crippen LogP contribution in [0.2, 0.25) is 0 Å². The van der Waals surface area contributed by atoms with E-state index in [2.05, 4.69) is 45.2 Å². The SMILES string of the molecule is O=C(O)c1cc(N=Nc2c(SOOO)cc3cc(S(=O)(=O)O)c(N=Nc4ccc(N=Nc5c(C(=O)O)[nH]n(-c6ccc(S(=O)(=O)O)cc6)c5=O)cc4S(=O)(=O)O)c(O)c3c2O)ccc1[N+](=O)[O-]. The molecular formula is C33H21N9O21S4. The molecule has 30 nitrogen and oxygen atoms in total. The molecule has 348 valence electrons. The summed E-state index contributed by atoms with van der Waals surface area (Å²) in [7, 11) is -15.4. The number of nitro benzene ring substituents is 1. The van der Waals surface area contributed by atoms with Gasteiger partial charge in [-0.15, -0.1) is 24.8 Å². The van der Waals surface area contributed by atoms with Crippen LogP contribution in [0.4, 0.5) is 39.8 Å². The van der Waals surface area contributed by atoms with Crippen LogP contribution in [0, 0.1) is 10.1 Å². The molecule has 1 heterocycles. The van der Waals surface area contributed by atoms with Gasteiger partial charge in [0.25, 0.3) is 41.6 Å². The van der Waals surface area contributed by atoms with Crippen molar-refractivity contribution in [3.8, 4) is 17.2 Å². The van der Waals surface area contributed by atoms with E-state index >= 15 is 0 Å². The summed E-state index contributed by atoms with van der Waals surface area (Å²) in [6, 6.07) is 10.1. The molecule has 0 unspecified atom stereocenters. The molecule has 9 N–H and O–H groups in total. The van der Waals surface area contributed by atoms with E-state index in [9.17, 15) is 83.8 Å². The molecule has 0 radical (unpaired) electrons. The maximum Gasteiger partial charge on any atom is 0.356 e. The summed E-state index contributed by atoms with van der Waals surface area (Å²) in [5, 5.41) is 88.3. The lowest BCUT2D eigenvalue weighted by Crippen LogP contribution is -2.14. The first-order chi connectivity index (χ1) is 31.3. The number of aromatic nitrogens is 2. The molecule has 0 bridgehead atoms. The Hall–Kier alpha value is -7.93. The maximum atomic E-state index is 13.2. The van der Waals surface area contributed by atoms with Crippen LogP contribution in [-0.4, -0.2) is 91.2 Å². The van der Waals surface area contributed by atoms with Gasteiger partial charge in [-0.1, -0.05) is 5.04 Å². The molecule has 6 rings (SSSR count). The van der Waals surface area contributed by atoms with Gasteiger partial charge >= 0.3 is 11.9 Å². The summed E-state index contributed by atoms with van der Waals surface area (Å²) in [5.41, 5.74) is -8.24. The predicted molar refractivity (Wildman–Crippen MR) is 220 cm³/mol. The first-order valence-electron chi connectivity index (χ1n) is 17.0. The average molecular weight is 1010 g/mol. The fourth-order valence-electron chi connectivity index (χ4n) is 5.68. The number of carboxylic acids is 2. The number of nitrogens with one attached hydrogen (secondary N) is 1. The predicted octanol–water partition coefficient (Wildman–Crippen LogP) is 6.45. The summed E-state index contributed by atoms with van der Waals surface area (Å²) < 4.78 is 107. The Morgan fingerprint density at radius 2 is 1.28 bits per heavy atom. The minimum Gasteiger partial charge on any atom is -0.505 e. The Kier molecular flexibility index (Phi) is 13.4. The van der Waals surface area contributed by atoms with Crippen molar-refractivity contribution < 1.29 is 88.5 Å². The largest absolute Gasteiger partial charge is 0.505 e. The number of hydrogen-bond acceptors (Lipinski definition) is 23. The van der Waals surface area contributed by atoms with Crippen LogP contribution < -0.4 is 5.56 Å². The van der Waals surface area contributed by atoms with Crippen LogP contribution >= 0.6 is 12.0 Å². The number of phenolic OH excluding ortho intramolecular Hbond substituents is 2. The zero-order valence-electron chi connectivity index (χ0n) is 32.0. The van der Waals surface area contributed by atoms with E-state index in [4.69, 9.17) is 5.26 Å². The molecule has 67 heavy (non-hydrogen) atoms. The molecule has 0 aliphatic rings. The number of azo groups is 3. The Morgan fingerprint density at radius 1 is 0.701 bits per heavy atom. The number of phenols is 2. The monoisotopic (exact) mass is 1010 g/mol. The number of aromatic carboxylic acids is 2. The van der Waals surface area contributed by atoms with Crippen molar-refractivity contribution in [2.75, 3.05) is 0 Å². The van der Waals surface area contributed by atoms with Gasteiger partial charge in [-0.25, -0.2) is 19.5 Å². The van der Waals surface area contributed by atoms with E-state index in [0.717, 1.165) is 60.7 Å². The standard InChI is InChI=1S/C33H21N9O21S4/c43-29-24-13(9-21(64-63-62-52)25(29)37-34-14-2-8-20(42(50)51)18(11-14)32(46)47)10-23(67(59,60)61)26(30(24)44)38-36-19-7-1-15(12-22(19)66(56,57)58)35-39-27-28(33(48)49)40-41(31(27)45)16-3-5-17(6-4-16)65(53,54)55/h1-12,40,43-44,52H,(H,46,47)(H,48,49)(H,53,54,55)(H,56,57,58)(H,59,60,61). The minimum atomic E-state index is -5.42. The molecule has 6 aromatic rings. The average Bonchev–Trinajstić information content (AvgIpc) is 3.58. The number of nitro groups is 1. The van der Waals surface area contributed by atoms with Gasteiger partial charge in [0.05, 0.1) is 49.2 Å². The molecule has 0 fully saturated rings. The normalized spacial score (nSPS) is 12.5. The molecule has 0 spiro atoms. The van der Waals surface area contributed by atoms with E-state index < -0.39 is 135 Å². The van der Waals surface area contributed by atoms with E-state index in [-0.39, 0.29) is 28.3 Å². The number of rotatable bonds is 16. The van der Waals surface area contributed by atoms with E-state index in [1.807, 2.05) is 0 Å². The Balaban J connectivity index is 1.44. The molecule has 0 aliphatic heterocycles. The summed E-state index contributed by atoms with van der Waals surface area (Å²) in [5.74, 6) is -5.86. The number of aromatic hydroxyl groups is 2. The van der Waals surface area contributed by atoms with Crippen molar-refractivity contribution in [1.29, 1.82) is 0 Å². The summed E-state index contributed by atoms with van der Waals surface area (Å²) in [4.78, 5) is 43.7. The van der Waals surface area contributed by atoms with Crippen LogP contribution in [0.25, 0.3) is 16.5 Å². The highest BCUT2D eigenvalue weighted by molar-refractivity contribution is 7.94. The number of carboxylic acid groups (broad SMARTS) is 2. The fraction of sp³-hybridized carbons (Fsp3) is 0. The third-order valence-corrected chi connectivity index (χ3v) is 11.8. The highest BCUT2D eigenvalue weighted by atomic mass is 32.2. The number of hydrogen-bond donors (Lipinski definition) is 9. The highest BCUT2D eigenvalue weighted by Crippen LogP contribution is 2.51. The number of benzene rings is 5. The Morgan fingerprint density at radius 3 is 1.85 bits per heavy atom. The number of H-pyrrole nitrogens is 1. The van der Waals surface area contributed by atoms with Crippen LogP contribution in [0.15, 0.2) is 128 Å². The van der Waals surface area contributed by atoms with Crippen LogP contribution in [0.1, 0.15) is 20.8 Å². The van der Waals surface area contributed by atoms with E-state index in [0.29, 0.717) is 16.8 Å². The smallest absolute Gasteiger partial charge is 0.356 e. The van der Waals surface area contributed by atoms with Gasteiger partial charge in [0.2, 0.25) is 0 Å². The lowest BCUT2D eigenvalue weighted by atomic mass is 10.1. The Labute approximate surface area is 373 Å². The molecule has 5 aromatic carbocycles. The van der Waals surface area contributed by atoms with Crippen molar-refractivity contribution in [1.82, 2.24) is 9.78 Å². The second kappa shape index (κ2) is 18.5. The maximum absolute atomic E-state index is 13.2. The van der Waals surface area contributed by atoms with Gasteiger partial charge in [-0.2, -0.15) is 35.5 Å². The third kappa shape index (κ3) is 10.3. The van der Waals surface area contributed by atoms with Gasteiger partial charge in [-0.05, 0) is 72.1 Å². The van der Waals surface area contributed by atoms with Gasteiger partial charge in [0, 0.05) is 6.07 Å². The lowest BCUT2D eigenvalue weighted by molar-refractivity contribution is -0.432. The second-order valence-electron chi connectivity index (χ2n) is 12.7. The van der Waals surface area contributed by atoms with Crippen LogP contribution in [-0.2, 0) is 39.7 Å². The fourth-order valence-corrected chi connectivity index (χ4v) is 7.95. The molecule has 0 amide bonds. The molecule has 0 atom stereocenters. The van der Waals surface area contributed by atoms with Crippen molar-refractivity contribution in [3.63, 3.8) is 0 Å². The summed E-state index contributed by atoms with van der Waals surface area (Å²) >= 11 is 0.0995. The molecule has 0 saturated carbocycles. The van der Waals surface area contributed by atoms with Crippen molar-refractivity contribution in [3.05, 3.63) is 105 Å². The van der Waals surface area contributed by atoms with Crippen LogP contribution in [0.5, 0.6) is 11.5 Å². The van der Waals surface area contributed by atoms with Crippen molar-refractivity contribution >= 4 is 105 Å². The third-order valence-electron chi connectivity index (χ3n) is 8.57. The highest BCUT2D eigenvalue weighted by Gasteiger charge is 2.28. The number of aromatic amines is 1. The molecular weight excluding hydrogens is 987 g/mol. The van der Waals surface area contributed by atoms with E-state index in [1.54, 1.807) is 0 Å². The second-order valence-corrected chi connectivity index (χ2v) is 17.6. The van der Waals surface area contributed by atoms with Gasteiger partial charge < -0.3 is 20.4 Å². The topological polar surface area (TPSA) is 472 Å².